The molecule has 0 saturated carbocycles. The SMILES string of the molecule is CC[C@@H](C)NC(=O)[C@@H](Cc1ccccc1)N(Cc1cccc(Cl)c1)C(=O)CN(c1cccc(Cl)c1Cl)S(C)(=O)=O. The summed E-state index contributed by atoms with van der Waals surface area (Å²) >= 11 is 18.7. The predicted molar refractivity (Wildman–Crippen MR) is 162 cm³/mol. The largest absolute Gasteiger partial charge is 0.352 e. The average molecular weight is 625 g/mol. The molecule has 11 heteroatoms. The second kappa shape index (κ2) is 14.2. The maximum atomic E-state index is 14.1. The molecule has 0 fully saturated rings. The van der Waals surface area contributed by atoms with E-state index < -0.39 is 28.5 Å². The molecule has 0 radical (unpaired) electrons. The van der Waals surface area contributed by atoms with Crippen LogP contribution in [0.3, 0.4) is 0 Å². The highest BCUT2D eigenvalue weighted by Crippen LogP contribution is 2.34. The van der Waals surface area contributed by atoms with Gasteiger partial charge >= 0.3 is 0 Å². The molecule has 3 rings (SSSR count). The number of benzene rings is 3. The summed E-state index contributed by atoms with van der Waals surface area (Å²) in [4.78, 5) is 29.1. The Balaban J connectivity index is 2.09. The minimum absolute atomic E-state index is 0.000804. The first-order valence-electron chi connectivity index (χ1n) is 12.7. The molecule has 214 valence electrons. The van der Waals surface area contributed by atoms with E-state index >= 15 is 0 Å². The van der Waals surface area contributed by atoms with E-state index in [-0.39, 0.29) is 40.6 Å². The Hall–Kier alpha value is -2.78. The van der Waals surface area contributed by atoms with Gasteiger partial charge in [-0.15, -0.1) is 0 Å². The van der Waals surface area contributed by atoms with Crippen molar-refractivity contribution in [2.45, 2.75) is 45.3 Å². The zero-order chi connectivity index (χ0) is 29.4. The molecule has 0 saturated heterocycles. The molecule has 0 heterocycles. The van der Waals surface area contributed by atoms with E-state index in [0.717, 1.165) is 16.1 Å². The molecule has 0 spiro atoms. The van der Waals surface area contributed by atoms with Crippen molar-refractivity contribution in [3.05, 3.63) is 99.0 Å². The Morgan fingerprint density at radius 3 is 2.20 bits per heavy atom. The first-order chi connectivity index (χ1) is 18.9. The lowest BCUT2D eigenvalue weighted by atomic mass is 10.0. The van der Waals surface area contributed by atoms with Crippen LogP contribution in [0.2, 0.25) is 15.1 Å². The first-order valence-corrected chi connectivity index (χ1v) is 15.7. The standard InChI is InChI=1S/C29H32Cl3N3O4S/c1-4-20(2)33-29(37)26(17-21-10-6-5-7-11-21)34(18-22-12-8-13-23(30)16-22)27(36)19-35(40(3,38)39)25-15-9-14-24(31)28(25)32/h5-16,20,26H,4,17-19H2,1-3H3,(H,33,37)/t20-,26-/m1/s1. The monoisotopic (exact) mass is 623 g/mol. The van der Waals surface area contributed by atoms with Crippen molar-refractivity contribution < 1.29 is 18.0 Å². The Bertz CT molecular complexity index is 1440. The van der Waals surface area contributed by atoms with Crippen LogP contribution in [-0.2, 0) is 32.6 Å². The van der Waals surface area contributed by atoms with Crippen molar-refractivity contribution in [2.75, 3.05) is 17.1 Å². The van der Waals surface area contributed by atoms with Gasteiger partial charge in [-0.3, -0.25) is 13.9 Å². The number of sulfonamides is 1. The molecule has 1 N–H and O–H groups in total. The van der Waals surface area contributed by atoms with Crippen molar-refractivity contribution in [2.24, 2.45) is 0 Å². The van der Waals surface area contributed by atoms with Crippen LogP contribution >= 0.6 is 34.8 Å². The van der Waals surface area contributed by atoms with Crippen LogP contribution in [0.15, 0.2) is 72.8 Å². The van der Waals surface area contributed by atoms with Gasteiger partial charge in [0.1, 0.15) is 12.6 Å². The normalized spacial score (nSPS) is 12.8. The number of hydrogen-bond donors (Lipinski definition) is 1. The molecular formula is C29H32Cl3N3O4S. The number of nitrogens with one attached hydrogen (secondary N) is 1. The fraction of sp³-hybridized carbons (Fsp3) is 0.310. The number of amides is 2. The third-order valence-electron chi connectivity index (χ3n) is 6.39. The van der Waals surface area contributed by atoms with Gasteiger partial charge in [-0.2, -0.15) is 0 Å². The molecule has 0 aromatic heterocycles. The number of halogens is 3. The fourth-order valence-electron chi connectivity index (χ4n) is 4.11. The van der Waals surface area contributed by atoms with Gasteiger partial charge in [-0.05, 0) is 48.7 Å². The highest BCUT2D eigenvalue weighted by Gasteiger charge is 2.34. The molecule has 3 aromatic carbocycles. The molecule has 7 nitrogen and oxygen atoms in total. The van der Waals surface area contributed by atoms with E-state index in [1.807, 2.05) is 44.2 Å². The lowest BCUT2D eigenvalue weighted by Crippen LogP contribution is -2.54. The maximum Gasteiger partial charge on any atom is 0.244 e. The summed E-state index contributed by atoms with van der Waals surface area (Å²) in [6.07, 6.45) is 1.89. The van der Waals surface area contributed by atoms with Gasteiger partial charge in [0, 0.05) is 24.0 Å². The van der Waals surface area contributed by atoms with Crippen LogP contribution in [0.4, 0.5) is 5.69 Å². The summed E-state index contributed by atoms with van der Waals surface area (Å²) in [6, 6.07) is 19.8. The topological polar surface area (TPSA) is 86.8 Å². The van der Waals surface area contributed by atoms with Gasteiger partial charge in [0.2, 0.25) is 21.8 Å². The Labute approximate surface area is 251 Å². The van der Waals surface area contributed by atoms with Crippen LogP contribution in [0.25, 0.3) is 0 Å². The predicted octanol–water partition coefficient (Wildman–Crippen LogP) is 5.97. The summed E-state index contributed by atoms with van der Waals surface area (Å²) in [5, 5.41) is 3.60. The van der Waals surface area contributed by atoms with Gasteiger partial charge in [-0.25, -0.2) is 8.42 Å². The van der Waals surface area contributed by atoms with Gasteiger partial charge in [0.25, 0.3) is 0 Å². The Kier molecular flexibility index (Phi) is 11.3. The molecule has 0 aliphatic rings. The van der Waals surface area contributed by atoms with E-state index in [9.17, 15) is 18.0 Å². The molecule has 2 amide bonds. The van der Waals surface area contributed by atoms with Crippen molar-refractivity contribution in [1.29, 1.82) is 0 Å². The Morgan fingerprint density at radius 1 is 0.925 bits per heavy atom. The minimum Gasteiger partial charge on any atom is -0.352 e. The van der Waals surface area contributed by atoms with E-state index in [4.69, 9.17) is 34.8 Å². The third-order valence-corrected chi connectivity index (χ3v) is 8.56. The van der Waals surface area contributed by atoms with Crippen LogP contribution in [-0.4, -0.2) is 50.0 Å². The third kappa shape index (κ3) is 8.61. The van der Waals surface area contributed by atoms with Crippen LogP contribution < -0.4 is 9.62 Å². The lowest BCUT2D eigenvalue weighted by molar-refractivity contribution is -0.140. The van der Waals surface area contributed by atoms with Crippen LogP contribution in [0.1, 0.15) is 31.4 Å². The highest BCUT2D eigenvalue weighted by molar-refractivity contribution is 7.92. The van der Waals surface area contributed by atoms with Gasteiger partial charge < -0.3 is 10.2 Å². The van der Waals surface area contributed by atoms with Crippen molar-refractivity contribution in [3.8, 4) is 0 Å². The van der Waals surface area contributed by atoms with Crippen molar-refractivity contribution in [1.82, 2.24) is 10.2 Å². The van der Waals surface area contributed by atoms with Crippen molar-refractivity contribution in [3.63, 3.8) is 0 Å². The maximum absolute atomic E-state index is 14.1. The van der Waals surface area contributed by atoms with Crippen LogP contribution in [0.5, 0.6) is 0 Å². The number of rotatable bonds is 12. The van der Waals surface area contributed by atoms with E-state index in [2.05, 4.69) is 5.32 Å². The summed E-state index contributed by atoms with van der Waals surface area (Å²) in [5.74, 6) is -0.943. The van der Waals surface area contributed by atoms with Gasteiger partial charge in [0.15, 0.2) is 0 Å². The second-order valence-electron chi connectivity index (χ2n) is 9.52. The molecule has 40 heavy (non-hydrogen) atoms. The summed E-state index contributed by atoms with van der Waals surface area (Å²) in [5.41, 5.74) is 1.59. The zero-order valence-electron chi connectivity index (χ0n) is 22.5. The number of carbonyl (C=O) groups excluding carboxylic acids is 2. The summed E-state index contributed by atoms with van der Waals surface area (Å²) in [6.45, 7) is 3.25. The smallest absolute Gasteiger partial charge is 0.244 e. The van der Waals surface area contributed by atoms with E-state index in [0.29, 0.717) is 17.0 Å². The second-order valence-corrected chi connectivity index (χ2v) is 12.6. The molecule has 0 aliphatic carbocycles. The Morgan fingerprint density at radius 2 is 1.57 bits per heavy atom. The lowest BCUT2D eigenvalue weighted by Gasteiger charge is -2.34. The quantitative estimate of drug-likeness (QED) is 0.269. The molecule has 3 aromatic rings. The number of nitrogens with zero attached hydrogens (tertiary/aromatic N) is 2. The number of carbonyl (C=O) groups is 2. The zero-order valence-corrected chi connectivity index (χ0v) is 25.6. The van der Waals surface area contributed by atoms with Gasteiger partial charge in [0.05, 0.1) is 22.0 Å². The van der Waals surface area contributed by atoms with Gasteiger partial charge in [-0.1, -0.05) is 90.3 Å². The first kappa shape index (κ1) is 31.7. The van der Waals surface area contributed by atoms with Crippen LogP contribution in [0, 0.1) is 0 Å². The van der Waals surface area contributed by atoms with E-state index in [1.165, 1.54) is 17.0 Å². The highest BCUT2D eigenvalue weighted by atomic mass is 35.5. The summed E-state index contributed by atoms with van der Waals surface area (Å²) < 4.78 is 26.7. The molecule has 2 atom stereocenters. The number of hydrogen-bond acceptors (Lipinski definition) is 4. The molecule has 0 aliphatic heterocycles. The van der Waals surface area contributed by atoms with E-state index in [1.54, 1.807) is 30.3 Å². The molecular weight excluding hydrogens is 593 g/mol. The minimum atomic E-state index is -3.97. The number of anilines is 1. The fourth-order valence-corrected chi connectivity index (χ4v) is 5.62. The summed E-state index contributed by atoms with van der Waals surface area (Å²) in [7, 11) is -3.97. The molecule has 0 bridgehead atoms. The van der Waals surface area contributed by atoms with Crippen molar-refractivity contribution >= 4 is 62.3 Å². The average Bonchev–Trinajstić information content (AvgIpc) is 2.90. The molecule has 0 unspecified atom stereocenters.